The van der Waals surface area contributed by atoms with Crippen molar-refractivity contribution in [2.24, 2.45) is 0 Å². The molecular weight excluding hydrogens is 254 g/mol. The average molecular weight is 269 g/mol. The summed E-state index contributed by atoms with van der Waals surface area (Å²) in [6.45, 7) is 1.84. The standard InChI is InChI=1S/C16H15NO3/c1-10-14(11-6-3-4-7-12(11)20-10)16(18)15-13(19-2)8-5-9-17-15/h3-9,16,18H,1-2H3. The quantitative estimate of drug-likeness (QED) is 0.793. The lowest BCUT2D eigenvalue weighted by Gasteiger charge is -2.13. The Bertz CT molecular complexity index is 748. The number of aliphatic hydroxyl groups excluding tert-OH is 1. The lowest BCUT2D eigenvalue weighted by atomic mass is 10.0. The largest absolute Gasteiger partial charge is 0.495 e. The number of furan rings is 1. The summed E-state index contributed by atoms with van der Waals surface area (Å²) in [4.78, 5) is 4.24. The maximum Gasteiger partial charge on any atom is 0.143 e. The summed E-state index contributed by atoms with van der Waals surface area (Å²) in [7, 11) is 1.56. The number of methoxy groups -OCH3 is 1. The fourth-order valence-corrected chi connectivity index (χ4v) is 2.44. The van der Waals surface area contributed by atoms with Gasteiger partial charge in [-0.15, -0.1) is 0 Å². The summed E-state index contributed by atoms with van der Waals surface area (Å²) >= 11 is 0. The Hall–Kier alpha value is -2.33. The molecule has 0 aliphatic carbocycles. The lowest BCUT2D eigenvalue weighted by Crippen LogP contribution is -2.05. The number of aliphatic hydroxyl groups is 1. The van der Waals surface area contributed by atoms with Gasteiger partial charge in [-0.1, -0.05) is 18.2 Å². The zero-order valence-electron chi connectivity index (χ0n) is 11.3. The molecule has 102 valence electrons. The van der Waals surface area contributed by atoms with Gasteiger partial charge in [0.25, 0.3) is 0 Å². The maximum atomic E-state index is 10.7. The van der Waals surface area contributed by atoms with Gasteiger partial charge in [0.15, 0.2) is 0 Å². The van der Waals surface area contributed by atoms with Gasteiger partial charge in [-0.2, -0.15) is 0 Å². The number of aromatic nitrogens is 1. The number of benzene rings is 1. The van der Waals surface area contributed by atoms with E-state index in [1.807, 2.05) is 31.2 Å². The van der Waals surface area contributed by atoms with E-state index < -0.39 is 6.10 Å². The van der Waals surface area contributed by atoms with Crippen LogP contribution in [0.15, 0.2) is 47.0 Å². The molecule has 2 heterocycles. The molecule has 0 bridgehead atoms. The number of rotatable bonds is 3. The molecule has 2 aromatic heterocycles. The molecule has 0 radical (unpaired) electrons. The van der Waals surface area contributed by atoms with Gasteiger partial charge in [0.2, 0.25) is 0 Å². The van der Waals surface area contributed by atoms with Crippen LogP contribution in [-0.2, 0) is 0 Å². The highest BCUT2D eigenvalue weighted by molar-refractivity contribution is 5.83. The zero-order chi connectivity index (χ0) is 14.1. The Morgan fingerprint density at radius 3 is 2.80 bits per heavy atom. The van der Waals surface area contributed by atoms with Crippen LogP contribution in [0, 0.1) is 6.92 Å². The van der Waals surface area contributed by atoms with Crippen molar-refractivity contribution < 1.29 is 14.3 Å². The van der Waals surface area contributed by atoms with Gasteiger partial charge in [-0.25, -0.2) is 0 Å². The highest BCUT2D eigenvalue weighted by atomic mass is 16.5. The third-order valence-corrected chi connectivity index (χ3v) is 3.37. The summed E-state index contributed by atoms with van der Waals surface area (Å²) in [5, 5.41) is 11.6. The van der Waals surface area contributed by atoms with E-state index in [1.54, 1.807) is 25.4 Å². The number of hydrogen-bond acceptors (Lipinski definition) is 4. The van der Waals surface area contributed by atoms with Gasteiger partial charge in [0, 0.05) is 17.1 Å². The third kappa shape index (κ3) is 1.94. The number of hydrogen-bond donors (Lipinski definition) is 1. The van der Waals surface area contributed by atoms with Crippen LogP contribution in [0.3, 0.4) is 0 Å². The minimum atomic E-state index is -0.880. The molecule has 4 heteroatoms. The van der Waals surface area contributed by atoms with Crippen LogP contribution in [0.4, 0.5) is 0 Å². The third-order valence-electron chi connectivity index (χ3n) is 3.37. The van der Waals surface area contributed by atoms with Crippen molar-refractivity contribution in [2.75, 3.05) is 7.11 Å². The maximum absolute atomic E-state index is 10.7. The molecule has 4 nitrogen and oxygen atoms in total. The smallest absolute Gasteiger partial charge is 0.143 e. The van der Waals surface area contributed by atoms with Crippen LogP contribution in [0.1, 0.15) is 23.1 Å². The van der Waals surface area contributed by atoms with Gasteiger partial charge in [0.1, 0.15) is 28.9 Å². The first kappa shape index (κ1) is 12.7. The Labute approximate surface area is 116 Å². The first-order valence-corrected chi connectivity index (χ1v) is 6.37. The van der Waals surface area contributed by atoms with Crippen molar-refractivity contribution in [2.45, 2.75) is 13.0 Å². The van der Waals surface area contributed by atoms with E-state index in [-0.39, 0.29) is 0 Å². The molecule has 3 rings (SSSR count). The first-order valence-electron chi connectivity index (χ1n) is 6.37. The summed E-state index contributed by atoms with van der Waals surface area (Å²) in [6, 6.07) is 11.2. The van der Waals surface area contributed by atoms with E-state index in [9.17, 15) is 5.11 Å². The van der Waals surface area contributed by atoms with E-state index in [4.69, 9.17) is 9.15 Å². The molecule has 1 aromatic carbocycles. The Kier molecular flexibility index (Phi) is 3.16. The second kappa shape index (κ2) is 4.98. The monoisotopic (exact) mass is 269 g/mol. The Morgan fingerprint density at radius 2 is 2.00 bits per heavy atom. The van der Waals surface area contributed by atoms with Crippen molar-refractivity contribution in [3.63, 3.8) is 0 Å². The molecule has 0 amide bonds. The summed E-state index contributed by atoms with van der Waals surface area (Å²) in [5.41, 5.74) is 1.98. The minimum Gasteiger partial charge on any atom is -0.495 e. The van der Waals surface area contributed by atoms with Crippen molar-refractivity contribution >= 4 is 11.0 Å². The predicted molar refractivity (Wildman–Crippen MR) is 75.8 cm³/mol. The molecule has 0 saturated heterocycles. The van der Waals surface area contributed by atoms with Crippen LogP contribution in [-0.4, -0.2) is 17.2 Å². The van der Waals surface area contributed by atoms with E-state index in [0.717, 1.165) is 16.5 Å². The second-order valence-corrected chi connectivity index (χ2v) is 4.56. The van der Waals surface area contributed by atoms with Gasteiger partial charge in [-0.3, -0.25) is 4.98 Å². The number of pyridine rings is 1. The Balaban J connectivity index is 2.17. The zero-order valence-corrected chi connectivity index (χ0v) is 11.3. The molecular formula is C16H15NO3. The number of para-hydroxylation sites is 1. The molecule has 1 N–H and O–H groups in total. The van der Waals surface area contributed by atoms with Gasteiger partial charge in [0.05, 0.1) is 7.11 Å². The van der Waals surface area contributed by atoms with E-state index in [0.29, 0.717) is 17.2 Å². The normalized spacial score (nSPS) is 12.6. The van der Waals surface area contributed by atoms with Gasteiger partial charge >= 0.3 is 0 Å². The van der Waals surface area contributed by atoms with Gasteiger partial charge in [-0.05, 0) is 25.1 Å². The number of fused-ring (bicyclic) bond motifs is 1. The first-order chi connectivity index (χ1) is 9.72. The summed E-state index contributed by atoms with van der Waals surface area (Å²) < 4.78 is 10.9. The Morgan fingerprint density at radius 1 is 1.20 bits per heavy atom. The fraction of sp³-hybridized carbons (Fsp3) is 0.188. The van der Waals surface area contributed by atoms with Crippen molar-refractivity contribution in [1.82, 2.24) is 4.98 Å². The van der Waals surface area contributed by atoms with Crippen molar-refractivity contribution in [3.05, 3.63) is 59.6 Å². The summed E-state index contributed by atoms with van der Waals surface area (Å²) in [6.07, 6.45) is 0.758. The van der Waals surface area contributed by atoms with Crippen LogP contribution in [0.25, 0.3) is 11.0 Å². The van der Waals surface area contributed by atoms with Crippen LogP contribution < -0.4 is 4.74 Å². The molecule has 1 atom stereocenters. The molecule has 0 saturated carbocycles. The SMILES string of the molecule is COc1cccnc1C(O)c1c(C)oc2ccccc12. The molecule has 0 spiro atoms. The van der Waals surface area contributed by atoms with Crippen LogP contribution >= 0.6 is 0 Å². The van der Waals surface area contributed by atoms with Crippen molar-refractivity contribution in [3.8, 4) is 5.75 Å². The lowest BCUT2D eigenvalue weighted by molar-refractivity contribution is 0.208. The van der Waals surface area contributed by atoms with E-state index in [1.165, 1.54) is 0 Å². The predicted octanol–water partition coefficient (Wildman–Crippen LogP) is 3.23. The molecule has 0 fully saturated rings. The molecule has 1 unspecified atom stereocenters. The van der Waals surface area contributed by atoms with Crippen LogP contribution in [0.2, 0.25) is 0 Å². The summed E-state index contributed by atoms with van der Waals surface area (Å²) in [5.74, 6) is 1.25. The van der Waals surface area contributed by atoms with Crippen LogP contribution in [0.5, 0.6) is 5.75 Å². The molecule has 0 aliphatic rings. The highest BCUT2D eigenvalue weighted by Crippen LogP contribution is 2.35. The topological polar surface area (TPSA) is 55.5 Å². The molecule has 20 heavy (non-hydrogen) atoms. The molecule has 3 aromatic rings. The van der Waals surface area contributed by atoms with E-state index in [2.05, 4.69) is 4.98 Å². The number of aryl methyl sites for hydroxylation is 1. The highest BCUT2D eigenvalue weighted by Gasteiger charge is 2.23. The minimum absolute atomic E-state index is 0.490. The van der Waals surface area contributed by atoms with E-state index >= 15 is 0 Å². The van der Waals surface area contributed by atoms with Gasteiger partial charge < -0.3 is 14.3 Å². The fourth-order valence-electron chi connectivity index (χ4n) is 2.44. The van der Waals surface area contributed by atoms with Crippen molar-refractivity contribution in [1.29, 1.82) is 0 Å². The molecule has 0 aliphatic heterocycles. The average Bonchev–Trinajstić information content (AvgIpc) is 2.82. The number of nitrogens with zero attached hydrogens (tertiary/aromatic N) is 1. The number of ether oxygens (including phenoxy) is 1. The second-order valence-electron chi connectivity index (χ2n) is 4.56.